The van der Waals surface area contributed by atoms with Crippen LogP contribution in [0.3, 0.4) is 0 Å². The van der Waals surface area contributed by atoms with Crippen molar-refractivity contribution >= 4 is 17.4 Å². The van der Waals surface area contributed by atoms with Gasteiger partial charge in [-0.25, -0.2) is 0 Å². The summed E-state index contributed by atoms with van der Waals surface area (Å²) in [5.41, 5.74) is 0.976. The van der Waals surface area contributed by atoms with Crippen LogP contribution in [0, 0.1) is 0 Å². The zero-order valence-corrected chi connectivity index (χ0v) is 13.1. The first kappa shape index (κ1) is 15.3. The van der Waals surface area contributed by atoms with Crippen LogP contribution in [0.15, 0.2) is 36.4 Å². The fraction of sp³-hybridized carbons (Fsp3) is 0.353. The van der Waals surface area contributed by atoms with Gasteiger partial charge >= 0.3 is 0 Å². The summed E-state index contributed by atoms with van der Waals surface area (Å²) in [5, 5.41) is 14.2. The highest BCUT2D eigenvalue weighted by Gasteiger charge is 2.15. The van der Waals surface area contributed by atoms with Gasteiger partial charge in [-0.15, -0.1) is 10.2 Å². The molecular weight excluding hydrogens is 292 g/mol. The van der Waals surface area contributed by atoms with E-state index in [1.807, 2.05) is 0 Å². The van der Waals surface area contributed by atoms with E-state index in [9.17, 15) is 4.79 Å². The van der Waals surface area contributed by atoms with E-state index in [0.29, 0.717) is 11.7 Å². The molecule has 0 saturated heterocycles. The molecule has 1 aliphatic rings. The number of carbonyl (C=O) groups is 1. The van der Waals surface area contributed by atoms with Gasteiger partial charge in [-0.3, -0.25) is 4.79 Å². The Kier molecular flexibility index (Phi) is 4.71. The number of benzene rings is 1. The number of methoxy groups -OCH3 is 1. The van der Waals surface area contributed by atoms with Crippen molar-refractivity contribution in [2.24, 2.45) is 0 Å². The van der Waals surface area contributed by atoms with Crippen LogP contribution in [-0.4, -0.2) is 29.3 Å². The molecule has 120 valence electrons. The molecule has 23 heavy (non-hydrogen) atoms. The van der Waals surface area contributed by atoms with Gasteiger partial charge in [0.05, 0.1) is 7.11 Å². The van der Waals surface area contributed by atoms with Crippen molar-refractivity contribution in [3.63, 3.8) is 0 Å². The van der Waals surface area contributed by atoms with Gasteiger partial charge in [0.25, 0.3) is 5.91 Å². The number of carbonyl (C=O) groups excluding carboxylic acids is 1. The minimum absolute atomic E-state index is 0.282. The molecule has 0 spiro atoms. The molecule has 1 fully saturated rings. The summed E-state index contributed by atoms with van der Waals surface area (Å²) in [6.07, 6.45) is 4.85. The Balaban J connectivity index is 1.60. The molecule has 0 unspecified atom stereocenters. The molecule has 2 aromatic rings. The number of aromatic nitrogens is 2. The SMILES string of the molecule is COc1ccc(NC(=O)c2ccc(NC3CCCC3)nn2)cc1. The highest BCUT2D eigenvalue weighted by Crippen LogP contribution is 2.21. The third-order valence-corrected chi connectivity index (χ3v) is 3.95. The highest BCUT2D eigenvalue weighted by atomic mass is 16.5. The Labute approximate surface area is 135 Å². The molecule has 0 aliphatic heterocycles. The van der Waals surface area contributed by atoms with E-state index in [1.165, 1.54) is 25.7 Å². The van der Waals surface area contributed by atoms with Gasteiger partial charge < -0.3 is 15.4 Å². The second-order valence-electron chi connectivity index (χ2n) is 5.61. The summed E-state index contributed by atoms with van der Waals surface area (Å²) in [6.45, 7) is 0. The fourth-order valence-corrected chi connectivity index (χ4v) is 2.68. The average Bonchev–Trinajstić information content (AvgIpc) is 3.09. The molecule has 3 rings (SSSR count). The van der Waals surface area contributed by atoms with Crippen LogP contribution in [0.2, 0.25) is 0 Å². The Bertz CT molecular complexity index is 649. The van der Waals surface area contributed by atoms with Gasteiger partial charge in [0.2, 0.25) is 0 Å². The molecule has 6 nitrogen and oxygen atoms in total. The zero-order valence-electron chi connectivity index (χ0n) is 13.1. The summed E-state index contributed by atoms with van der Waals surface area (Å²) in [5.74, 6) is 1.18. The number of hydrogen-bond acceptors (Lipinski definition) is 5. The summed E-state index contributed by atoms with van der Waals surface area (Å²) in [4.78, 5) is 12.2. The van der Waals surface area contributed by atoms with Gasteiger partial charge in [0.1, 0.15) is 11.6 Å². The molecule has 6 heteroatoms. The first-order valence-corrected chi connectivity index (χ1v) is 7.80. The number of nitrogens with zero attached hydrogens (tertiary/aromatic N) is 2. The second-order valence-corrected chi connectivity index (χ2v) is 5.61. The molecule has 1 aromatic heterocycles. The number of anilines is 2. The van der Waals surface area contributed by atoms with Crippen molar-refractivity contribution in [2.75, 3.05) is 17.7 Å². The van der Waals surface area contributed by atoms with Crippen molar-refractivity contribution in [2.45, 2.75) is 31.7 Å². The van der Waals surface area contributed by atoms with Crippen molar-refractivity contribution in [1.82, 2.24) is 10.2 Å². The molecule has 0 bridgehead atoms. The smallest absolute Gasteiger partial charge is 0.276 e. The van der Waals surface area contributed by atoms with Crippen LogP contribution in [0.4, 0.5) is 11.5 Å². The molecule has 2 N–H and O–H groups in total. The van der Waals surface area contributed by atoms with E-state index in [-0.39, 0.29) is 11.6 Å². The maximum absolute atomic E-state index is 12.2. The maximum atomic E-state index is 12.2. The van der Waals surface area contributed by atoms with Gasteiger partial charge in [0.15, 0.2) is 5.69 Å². The monoisotopic (exact) mass is 312 g/mol. The first-order chi connectivity index (χ1) is 11.2. The number of ether oxygens (including phenoxy) is 1. The molecule has 0 atom stereocenters. The Morgan fingerprint density at radius 1 is 1.09 bits per heavy atom. The lowest BCUT2D eigenvalue weighted by Gasteiger charge is -2.12. The van der Waals surface area contributed by atoms with Gasteiger partial charge in [-0.1, -0.05) is 12.8 Å². The Hall–Kier alpha value is -2.63. The van der Waals surface area contributed by atoms with E-state index < -0.39 is 0 Å². The molecule has 1 heterocycles. The molecule has 1 aliphatic carbocycles. The second kappa shape index (κ2) is 7.09. The van der Waals surface area contributed by atoms with Gasteiger partial charge in [0, 0.05) is 11.7 Å². The van der Waals surface area contributed by atoms with Crippen molar-refractivity contribution < 1.29 is 9.53 Å². The average molecular weight is 312 g/mol. The summed E-state index contributed by atoms with van der Waals surface area (Å²) in [6, 6.07) is 11.1. The zero-order chi connectivity index (χ0) is 16.1. The molecule has 0 radical (unpaired) electrons. The van der Waals surface area contributed by atoms with Crippen LogP contribution in [0.1, 0.15) is 36.2 Å². The predicted molar refractivity (Wildman–Crippen MR) is 88.9 cm³/mol. The number of amides is 1. The van der Waals surface area contributed by atoms with Crippen LogP contribution in [0.5, 0.6) is 5.75 Å². The fourth-order valence-electron chi connectivity index (χ4n) is 2.68. The Morgan fingerprint density at radius 3 is 2.43 bits per heavy atom. The summed E-state index contributed by atoms with van der Waals surface area (Å²) >= 11 is 0. The topological polar surface area (TPSA) is 76.1 Å². The van der Waals surface area contributed by atoms with Crippen LogP contribution < -0.4 is 15.4 Å². The lowest BCUT2D eigenvalue weighted by Crippen LogP contribution is -2.18. The lowest BCUT2D eigenvalue weighted by atomic mass is 10.2. The van der Waals surface area contributed by atoms with Crippen LogP contribution >= 0.6 is 0 Å². The normalized spacial score (nSPS) is 14.5. The number of nitrogens with one attached hydrogen (secondary N) is 2. The van der Waals surface area contributed by atoms with Gasteiger partial charge in [-0.05, 0) is 49.2 Å². The first-order valence-electron chi connectivity index (χ1n) is 7.80. The minimum atomic E-state index is -0.282. The Morgan fingerprint density at radius 2 is 1.83 bits per heavy atom. The van der Waals surface area contributed by atoms with Crippen molar-refractivity contribution in [3.8, 4) is 5.75 Å². The quantitative estimate of drug-likeness (QED) is 0.887. The third-order valence-electron chi connectivity index (χ3n) is 3.95. The largest absolute Gasteiger partial charge is 0.497 e. The summed E-state index contributed by atoms with van der Waals surface area (Å²) < 4.78 is 5.08. The van der Waals surface area contributed by atoms with E-state index in [4.69, 9.17) is 4.74 Å². The van der Waals surface area contributed by atoms with Crippen LogP contribution in [0.25, 0.3) is 0 Å². The van der Waals surface area contributed by atoms with E-state index >= 15 is 0 Å². The van der Waals surface area contributed by atoms with E-state index in [0.717, 1.165) is 11.6 Å². The molecule has 1 saturated carbocycles. The summed E-state index contributed by atoms with van der Waals surface area (Å²) in [7, 11) is 1.60. The predicted octanol–water partition coefficient (Wildman–Crippen LogP) is 3.09. The molecule has 1 aromatic carbocycles. The number of rotatable bonds is 5. The standard InChI is InChI=1S/C17H20N4O2/c1-23-14-8-6-13(7-9-14)19-17(22)15-10-11-16(21-20-15)18-12-4-2-3-5-12/h6-12H,2-5H2,1H3,(H,18,21)(H,19,22). The maximum Gasteiger partial charge on any atom is 0.276 e. The number of hydrogen-bond donors (Lipinski definition) is 2. The molecule has 1 amide bonds. The van der Waals surface area contributed by atoms with E-state index in [2.05, 4.69) is 20.8 Å². The highest BCUT2D eigenvalue weighted by molar-refractivity contribution is 6.02. The van der Waals surface area contributed by atoms with Crippen molar-refractivity contribution in [3.05, 3.63) is 42.1 Å². The molecular formula is C17H20N4O2. The third kappa shape index (κ3) is 3.97. The van der Waals surface area contributed by atoms with E-state index in [1.54, 1.807) is 43.5 Å². The lowest BCUT2D eigenvalue weighted by molar-refractivity contribution is 0.102. The van der Waals surface area contributed by atoms with Crippen molar-refractivity contribution in [1.29, 1.82) is 0 Å². The van der Waals surface area contributed by atoms with Crippen LogP contribution in [-0.2, 0) is 0 Å². The van der Waals surface area contributed by atoms with Gasteiger partial charge in [-0.2, -0.15) is 0 Å². The minimum Gasteiger partial charge on any atom is -0.497 e.